The molecule has 0 saturated carbocycles. The number of nitrogens with one attached hydrogen (secondary N) is 3. The van der Waals surface area contributed by atoms with E-state index in [0.717, 1.165) is 0 Å². The maximum atomic E-state index is 11.6. The lowest BCUT2D eigenvalue weighted by atomic mass is 10.3. The van der Waals surface area contributed by atoms with Gasteiger partial charge in [-0.1, -0.05) is 11.6 Å². The molecule has 88 valence electrons. The number of hydrogen-bond donors (Lipinski definition) is 4. The van der Waals surface area contributed by atoms with E-state index in [1.165, 1.54) is 24.4 Å². The van der Waals surface area contributed by atoms with E-state index < -0.39 is 11.6 Å². The van der Waals surface area contributed by atoms with Crippen LogP contribution in [0.2, 0.25) is 5.02 Å². The number of H-pyrrole nitrogens is 2. The monoisotopic (exact) mass is 253 g/mol. The second-order valence-corrected chi connectivity index (χ2v) is 3.68. The summed E-state index contributed by atoms with van der Waals surface area (Å²) >= 11 is 5.81. The Labute approximate surface area is 100 Å². The molecular formula is C10H8ClN3O3. The van der Waals surface area contributed by atoms with Crippen LogP contribution in [-0.2, 0) is 0 Å². The molecule has 0 aliphatic heterocycles. The zero-order valence-electron chi connectivity index (χ0n) is 8.45. The maximum Gasteiger partial charge on any atom is 0.323 e. The molecule has 7 heteroatoms. The summed E-state index contributed by atoms with van der Waals surface area (Å²) in [5.74, 6) is -0.501. The van der Waals surface area contributed by atoms with Crippen molar-refractivity contribution in [3.63, 3.8) is 0 Å². The van der Waals surface area contributed by atoms with Gasteiger partial charge in [0.15, 0.2) is 0 Å². The molecule has 6 nitrogen and oxygen atoms in total. The summed E-state index contributed by atoms with van der Waals surface area (Å²) in [4.78, 5) is 27.1. The van der Waals surface area contributed by atoms with Crippen molar-refractivity contribution in [2.75, 3.05) is 5.32 Å². The number of rotatable bonds is 2. The molecule has 2 aromatic rings. The molecule has 1 aromatic carbocycles. The van der Waals surface area contributed by atoms with E-state index in [9.17, 15) is 9.59 Å². The van der Waals surface area contributed by atoms with Crippen LogP contribution in [-0.4, -0.2) is 21.0 Å². The number of hydrogen-bond acceptors (Lipinski definition) is 3. The Morgan fingerprint density at radius 3 is 2.76 bits per heavy atom. The van der Waals surface area contributed by atoms with Crippen LogP contribution in [0.5, 0.6) is 5.75 Å². The molecule has 17 heavy (non-hydrogen) atoms. The van der Waals surface area contributed by atoms with Gasteiger partial charge in [0.2, 0.25) is 0 Å². The van der Waals surface area contributed by atoms with Crippen molar-refractivity contribution in [2.24, 2.45) is 0 Å². The van der Waals surface area contributed by atoms with Crippen molar-refractivity contribution in [1.82, 2.24) is 9.97 Å². The molecule has 2 rings (SSSR count). The number of halogens is 1. The maximum absolute atomic E-state index is 11.6. The topological polar surface area (TPSA) is 98.0 Å². The number of benzene rings is 1. The molecule has 1 amide bonds. The number of phenolic OH excluding ortho intramolecular Hbond substituents is 1. The minimum absolute atomic E-state index is 0.00282. The number of aromatic nitrogens is 2. The lowest BCUT2D eigenvalue weighted by Crippen LogP contribution is -2.14. The number of aromatic amines is 2. The largest absolute Gasteiger partial charge is 0.508 e. The molecule has 4 N–H and O–H groups in total. The van der Waals surface area contributed by atoms with Gasteiger partial charge in [-0.3, -0.25) is 4.79 Å². The van der Waals surface area contributed by atoms with E-state index in [0.29, 0.717) is 5.69 Å². The van der Waals surface area contributed by atoms with Gasteiger partial charge in [-0.25, -0.2) is 4.79 Å². The highest BCUT2D eigenvalue weighted by molar-refractivity contribution is 6.34. The fourth-order valence-corrected chi connectivity index (χ4v) is 1.47. The second kappa shape index (κ2) is 4.34. The van der Waals surface area contributed by atoms with Gasteiger partial charge in [-0.05, 0) is 12.1 Å². The minimum Gasteiger partial charge on any atom is -0.508 e. The van der Waals surface area contributed by atoms with Crippen LogP contribution in [0.25, 0.3) is 0 Å². The van der Waals surface area contributed by atoms with Crippen molar-refractivity contribution >= 4 is 23.2 Å². The predicted molar refractivity (Wildman–Crippen MR) is 62.5 cm³/mol. The molecule has 0 spiro atoms. The van der Waals surface area contributed by atoms with Crippen LogP contribution in [0.15, 0.2) is 29.2 Å². The van der Waals surface area contributed by atoms with E-state index >= 15 is 0 Å². The molecule has 0 unspecified atom stereocenters. The normalized spacial score (nSPS) is 10.2. The van der Waals surface area contributed by atoms with E-state index in [1.54, 1.807) is 0 Å². The SMILES string of the molecule is O=C(Nc1ccc(O)cc1Cl)c1c[nH]c(=O)[nH]1. The van der Waals surface area contributed by atoms with E-state index in [-0.39, 0.29) is 16.5 Å². The molecule has 0 aliphatic rings. The van der Waals surface area contributed by atoms with Crippen molar-refractivity contribution in [3.8, 4) is 5.75 Å². The van der Waals surface area contributed by atoms with Gasteiger partial charge in [0, 0.05) is 12.3 Å². The van der Waals surface area contributed by atoms with Gasteiger partial charge in [-0.15, -0.1) is 0 Å². The molecule has 0 radical (unpaired) electrons. The second-order valence-electron chi connectivity index (χ2n) is 3.27. The van der Waals surface area contributed by atoms with Gasteiger partial charge >= 0.3 is 5.69 Å². The van der Waals surface area contributed by atoms with Crippen molar-refractivity contribution in [2.45, 2.75) is 0 Å². The lowest BCUT2D eigenvalue weighted by molar-refractivity contribution is 0.102. The van der Waals surface area contributed by atoms with Gasteiger partial charge in [0.1, 0.15) is 11.4 Å². The van der Waals surface area contributed by atoms with Crippen LogP contribution in [0.1, 0.15) is 10.5 Å². The zero-order valence-corrected chi connectivity index (χ0v) is 9.21. The van der Waals surface area contributed by atoms with Crippen molar-refractivity contribution in [3.05, 3.63) is 45.6 Å². The average Bonchev–Trinajstić information content (AvgIpc) is 2.69. The third-order valence-electron chi connectivity index (χ3n) is 2.04. The first-order valence-electron chi connectivity index (χ1n) is 4.64. The van der Waals surface area contributed by atoms with Crippen molar-refractivity contribution in [1.29, 1.82) is 0 Å². The van der Waals surface area contributed by atoms with E-state index in [1.807, 2.05) is 0 Å². The Bertz CT molecular complexity index is 617. The summed E-state index contributed by atoms with van der Waals surface area (Å²) in [5, 5.41) is 11.8. The fraction of sp³-hybridized carbons (Fsp3) is 0. The first-order chi connectivity index (χ1) is 8.06. The predicted octanol–water partition coefficient (Wildman–Crippen LogP) is 1.31. The minimum atomic E-state index is -0.504. The summed E-state index contributed by atoms with van der Waals surface area (Å²) < 4.78 is 0. The molecule has 0 atom stereocenters. The van der Waals surface area contributed by atoms with Crippen LogP contribution < -0.4 is 11.0 Å². The standard InChI is InChI=1S/C10H8ClN3O3/c11-6-3-5(15)1-2-7(6)13-9(16)8-4-12-10(17)14-8/h1-4,15H,(H,13,16)(H2,12,14,17). The molecule has 1 aromatic heterocycles. The van der Waals surface area contributed by atoms with Gasteiger partial charge in [0.25, 0.3) is 5.91 Å². The number of imidazole rings is 1. The van der Waals surface area contributed by atoms with Gasteiger partial charge in [-0.2, -0.15) is 0 Å². The van der Waals surface area contributed by atoms with Crippen LogP contribution in [0, 0.1) is 0 Å². The third kappa shape index (κ3) is 2.48. The summed E-state index contributed by atoms with van der Waals surface area (Å²) in [5.41, 5.74) is -0.0254. The van der Waals surface area contributed by atoms with Gasteiger partial charge < -0.3 is 20.4 Å². The van der Waals surface area contributed by atoms with Gasteiger partial charge in [0.05, 0.1) is 10.7 Å². The third-order valence-corrected chi connectivity index (χ3v) is 2.35. The highest BCUT2D eigenvalue weighted by Gasteiger charge is 2.10. The highest BCUT2D eigenvalue weighted by Crippen LogP contribution is 2.26. The smallest absolute Gasteiger partial charge is 0.323 e. The Morgan fingerprint density at radius 2 is 2.18 bits per heavy atom. The Balaban J connectivity index is 2.21. The number of phenols is 1. The molecule has 0 saturated heterocycles. The number of carbonyl (C=O) groups is 1. The highest BCUT2D eigenvalue weighted by atomic mass is 35.5. The van der Waals surface area contributed by atoms with E-state index in [2.05, 4.69) is 15.3 Å². The first-order valence-corrected chi connectivity index (χ1v) is 5.01. The molecule has 0 aliphatic carbocycles. The first kappa shape index (κ1) is 11.3. The number of anilines is 1. The molecule has 0 fully saturated rings. The summed E-state index contributed by atoms with van der Waals surface area (Å²) in [7, 11) is 0. The molecular weight excluding hydrogens is 246 g/mol. The van der Waals surface area contributed by atoms with Crippen LogP contribution >= 0.6 is 11.6 Å². The van der Waals surface area contributed by atoms with Crippen LogP contribution in [0.3, 0.4) is 0 Å². The van der Waals surface area contributed by atoms with Crippen molar-refractivity contribution < 1.29 is 9.90 Å². The summed E-state index contributed by atoms with van der Waals surface area (Å²) in [6.45, 7) is 0. The fourth-order valence-electron chi connectivity index (χ4n) is 1.25. The Kier molecular flexibility index (Phi) is 2.88. The molecule has 0 bridgehead atoms. The quantitative estimate of drug-likeness (QED) is 0.608. The number of carbonyl (C=O) groups excluding carboxylic acids is 1. The number of aromatic hydroxyl groups is 1. The summed E-state index contributed by atoms with van der Waals surface area (Å²) in [6.07, 6.45) is 1.26. The summed E-state index contributed by atoms with van der Waals surface area (Å²) in [6, 6.07) is 4.15. The number of amides is 1. The van der Waals surface area contributed by atoms with Crippen LogP contribution in [0.4, 0.5) is 5.69 Å². The average molecular weight is 254 g/mol. The Hall–Kier alpha value is -2.21. The zero-order chi connectivity index (χ0) is 12.4. The van der Waals surface area contributed by atoms with E-state index in [4.69, 9.17) is 16.7 Å². The molecule has 1 heterocycles. The lowest BCUT2D eigenvalue weighted by Gasteiger charge is -2.05. The Morgan fingerprint density at radius 1 is 1.41 bits per heavy atom.